The minimum Gasteiger partial charge on any atom is -0.435 e. The Balaban J connectivity index is 1.98. The van der Waals surface area contributed by atoms with Crippen LogP contribution in [-0.4, -0.2) is 25.9 Å². The molecule has 5 heteroatoms. The molecule has 1 heterocycles. The van der Waals surface area contributed by atoms with Gasteiger partial charge in [-0.3, -0.25) is 0 Å². The number of nitrogens with one attached hydrogen (secondary N) is 1. The van der Waals surface area contributed by atoms with Gasteiger partial charge in [0.2, 0.25) is 0 Å². The molecule has 0 spiro atoms. The summed E-state index contributed by atoms with van der Waals surface area (Å²) in [5.41, 5.74) is 0.765. The fourth-order valence-electron chi connectivity index (χ4n) is 1.32. The van der Waals surface area contributed by atoms with E-state index in [1.165, 1.54) is 6.07 Å². The van der Waals surface area contributed by atoms with Crippen LogP contribution in [-0.2, 0) is 4.74 Å². The zero-order valence-corrected chi connectivity index (χ0v) is 7.95. The number of hydrogen-bond donors (Lipinski definition) is 1. The summed E-state index contributed by atoms with van der Waals surface area (Å²) < 4.78 is 33.1. The van der Waals surface area contributed by atoms with Crippen LogP contribution in [0.1, 0.15) is 0 Å². The normalized spacial score (nSPS) is 16.2. The summed E-state index contributed by atoms with van der Waals surface area (Å²) in [6.45, 7) is -1.48. The summed E-state index contributed by atoms with van der Waals surface area (Å²) in [5, 5.41) is 3.14. The lowest BCUT2D eigenvalue weighted by molar-refractivity contribution is -0.0498. The highest BCUT2D eigenvalue weighted by Crippen LogP contribution is 2.20. The molecular formula is C10H11F2NO2. The quantitative estimate of drug-likeness (QED) is 0.834. The lowest BCUT2D eigenvalue weighted by Gasteiger charge is -2.27. The second-order valence-electron chi connectivity index (χ2n) is 3.29. The highest BCUT2D eigenvalue weighted by atomic mass is 19.3. The van der Waals surface area contributed by atoms with E-state index in [1.54, 1.807) is 18.2 Å². The molecule has 2 rings (SSSR count). The predicted octanol–water partition coefficient (Wildman–Crippen LogP) is 2.10. The molecule has 1 aliphatic heterocycles. The van der Waals surface area contributed by atoms with Gasteiger partial charge in [0, 0.05) is 11.8 Å². The van der Waals surface area contributed by atoms with Crippen molar-refractivity contribution in [1.29, 1.82) is 0 Å². The van der Waals surface area contributed by atoms with Crippen molar-refractivity contribution in [1.82, 2.24) is 0 Å². The Bertz CT molecular complexity index is 329. The number of halogens is 2. The van der Waals surface area contributed by atoms with Gasteiger partial charge in [0.25, 0.3) is 0 Å². The first-order valence-corrected chi connectivity index (χ1v) is 4.63. The van der Waals surface area contributed by atoms with Crippen LogP contribution in [0.2, 0.25) is 0 Å². The Morgan fingerprint density at radius 3 is 2.80 bits per heavy atom. The first-order valence-electron chi connectivity index (χ1n) is 4.63. The average molecular weight is 215 g/mol. The molecule has 0 aliphatic carbocycles. The summed E-state index contributed by atoms with van der Waals surface area (Å²) >= 11 is 0. The Labute approximate surface area is 86.0 Å². The molecule has 1 aliphatic rings. The molecule has 1 saturated heterocycles. The lowest BCUT2D eigenvalue weighted by atomic mass is 10.2. The summed E-state index contributed by atoms with van der Waals surface area (Å²) in [6.07, 6.45) is 0. The average Bonchev–Trinajstić information content (AvgIpc) is 2.11. The molecule has 0 atom stereocenters. The summed E-state index contributed by atoms with van der Waals surface area (Å²) in [5.74, 6) is 0.162. The Morgan fingerprint density at radius 2 is 2.20 bits per heavy atom. The van der Waals surface area contributed by atoms with E-state index < -0.39 is 6.61 Å². The van der Waals surface area contributed by atoms with E-state index in [-0.39, 0.29) is 11.8 Å². The smallest absolute Gasteiger partial charge is 0.387 e. The van der Waals surface area contributed by atoms with E-state index >= 15 is 0 Å². The molecule has 15 heavy (non-hydrogen) atoms. The van der Waals surface area contributed by atoms with E-state index in [9.17, 15) is 8.78 Å². The van der Waals surface area contributed by atoms with Crippen LogP contribution < -0.4 is 10.1 Å². The van der Waals surface area contributed by atoms with Crippen molar-refractivity contribution in [2.75, 3.05) is 18.5 Å². The zero-order valence-electron chi connectivity index (χ0n) is 7.95. The number of hydrogen-bond acceptors (Lipinski definition) is 3. The second-order valence-corrected chi connectivity index (χ2v) is 3.29. The minimum atomic E-state index is -2.78. The van der Waals surface area contributed by atoms with Gasteiger partial charge in [-0.1, -0.05) is 6.07 Å². The van der Waals surface area contributed by atoms with Gasteiger partial charge in [0.15, 0.2) is 0 Å². The maximum absolute atomic E-state index is 11.9. The monoisotopic (exact) mass is 215 g/mol. The number of benzene rings is 1. The van der Waals surface area contributed by atoms with Crippen molar-refractivity contribution in [2.45, 2.75) is 12.7 Å². The first-order chi connectivity index (χ1) is 7.24. The van der Waals surface area contributed by atoms with E-state index in [0.717, 1.165) is 5.69 Å². The molecular weight excluding hydrogens is 204 g/mol. The van der Waals surface area contributed by atoms with E-state index in [4.69, 9.17) is 4.74 Å². The molecule has 1 fully saturated rings. The van der Waals surface area contributed by atoms with E-state index in [1.807, 2.05) is 0 Å². The third kappa shape index (κ3) is 2.79. The minimum absolute atomic E-state index is 0.162. The van der Waals surface area contributed by atoms with Gasteiger partial charge in [0.05, 0.1) is 19.3 Å². The maximum Gasteiger partial charge on any atom is 0.387 e. The molecule has 1 N–H and O–H groups in total. The number of rotatable bonds is 4. The molecule has 0 saturated carbocycles. The molecule has 82 valence electrons. The van der Waals surface area contributed by atoms with Gasteiger partial charge in [-0.25, -0.2) is 0 Å². The largest absolute Gasteiger partial charge is 0.435 e. The van der Waals surface area contributed by atoms with Crippen molar-refractivity contribution in [3.63, 3.8) is 0 Å². The van der Waals surface area contributed by atoms with Crippen molar-refractivity contribution in [2.24, 2.45) is 0 Å². The zero-order chi connectivity index (χ0) is 10.7. The molecule has 0 amide bonds. The first kappa shape index (κ1) is 10.2. The lowest BCUT2D eigenvalue weighted by Crippen LogP contribution is -2.40. The Kier molecular flexibility index (Phi) is 3.01. The highest BCUT2D eigenvalue weighted by Gasteiger charge is 2.17. The molecule has 0 unspecified atom stereocenters. The summed E-state index contributed by atoms with van der Waals surface area (Å²) in [6, 6.07) is 6.78. The van der Waals surface area contributed by atoms with Crippen LogP contribution in [0.4, 0.5) is 14.5 Å². The molecule has 0 radical (unpaired) electrons. The van der Waals surface area contributed by atoms with Crippen molar-refractivity contribution < 1.29 is 18.3 Å². The Morgan fingerprint density at radius 1 is 1.40 bits per heavy atom. The maximum atomic E-state index is 11.9. The van der Waals surface area contributed by atoms with Gasteiger partial charge in [-0.05, 0) is 12.1 Å². The predicted molar refractivity (Wildman–Crippen MR) is 51.3 cm³/mol. The Hall–Kier alpha value is -1.36. The third-order valence-corrected chi connectivity index (χ3v) is 2.07. The van der Waals surface area contributed by atoms with Crippen LogP contribution in [0.3, 0.4) is 0 Å². The summed E-state index contributed by atoms with van der Waals surface area (Å²) in [4.78, 5) is 0. The molecule has 3 nitrogen and oxygen atoms in total. The van der Waals surface area contributed by atoms with Crippen molar-refractivity contribution in [3.8, 4) is 5.75 Å². The van der Waals surface area contributed by atoms with E-state index in [0.29, 0.717) is 13.2 Å². The standard InChI is InChI=1S/C10H11F2NO2/c11-10(12)15-9-3-1-2-7(4-9)13-8-5-14-6-8/h1-4,8,10,13H,5-6H2. The number of alkyl halides is 2. The van der Waals surface area contributed by atoms with Crippen molar-refractivity contribution >= 4 is 5.69 Å². The fraction of sp³-hybridized carbons (Fsp3) is 0.400. The molecule has 0 bridgehead atoms. The second kappa shape index (κ2) is 4.44. The van der Waals surface area contributed by atoms with Crippen LogP contribution in [0.15, 0.2) is 24.3 Å². The highest BCUT2D eigenvalue weighted by molar-refractivity contribution is 5.49. The fourth-order valence-corrected chi connectivity index (χ4v) is 1.32. The molecule has 1 aromatic rings. The van der Waals surface area contributed by atoms with Crippen LogP contribution in [0.25, 0.3) is 0 Å². The summed E-state index contributed by atoms with van der Waals surface area (Å²) in [7, 11) is 0. The van der Waals surface area contributed by atoms with Crippen LogP contribution in [0, 0.1) is 0 Å². The van der Waals surface area contributed by atoms with Gasteiger partial charge in [-0.2, -0.15) is 8.78 Å². The third-order valence-electron chi connectivity index (χ3n) is 2.07. The molecule has 0 aromatic heterocycles. The topological polar surface area (TPSA) is 30.5 Å². The SMILES string of the molecule is FC(F)Oc1cccc(NC2COC2)c1. The van der Waals surface area contributed by atoms with Gasteiger partial charge in [0.1, 0.15) is 5.75 Å². The number of anilines is 1. The number of ether oxygens (including phenoxy) is 2. The van der Waals surface area contributed by atoms with Gasteiger partial charge < -0.3 is 14.8 Å². The van der Waals surface area contributed by atoms with Crippen LogP contribution in [0.5, 0.6) is 5.75 Å². The van der Waals surface area contributed by atoms with Crippen LogP contribution >= 0.6 is 0 Å². The van der Waals surface area contributed by atoms with Crippen molar-refractivity contribution in [3.05, 3.63) is 24.3 Å². The van der Waals surface area contributed by atoms with E-state index in [2.05, 4.69) is 10.1 Å². The van der Waals surface area contributed by atoms with Gasteiger partial charge in [-0.15, -0.1) is 0 Å². The van der Waals surface area contributed by atoms with Gasteiger partial charge >= 0.3 is 6.61 Å². The molecule has 1 aromatic carbocycles.